The number of rotatable bonds is 4. The summed E-state index contributed by atoms with van der Waals surface area (Å²) in [6.07, 6.45) is 0. The second-order valence-corrected chi connectivity index (χ2v) is 11.3. The number of para-hydroxylation sites is 2. The van der Waals surface area contributed by atoms with Crippen LogP contribution in [0.4, 0.5) is 0 Å². The maximum Gasteiger partial charge on any atom is 0.164 e. The highest BCUT2D eigenvalue weighted by atomic mass is 16.3. The van der Waals surface area contributed by atoms with Crippen LogP contribution in [0.2, 0.25) is 0 Å². The van der Waals surface area contributed by atoms with Crippen LogP contribution in [-0.4, -0.2) is 15.0 Å². The average Bonchev–Trinajstić information content (AvgIpc) is 3.84. The van der Waals surface area contributed by atoms with Gasteiger partial charge in [-0.25, -0.2) is 15.0 Å². The van der Waals surface area contributed by atoms with Gasteiger partial charge in [0, 0.05) is 49.2 Å². The third kappa shape index (κ3) is 4.08. The van der Waals surface area contributed by atoms with Crippen molar-refractivity contribution in [3.05, 3.63) is 151 Å². The van der Waals surface area contributed by atoms with Gasteiger partial charge in [0.2, 0.25) is 0 Å². The number of benzene rings is 7. The summed E-state index contributed by atoms with van der Waals surface area (Å²) in [6.45, 7) is 0. The molecule has 224 valence electrons. The summed E-state index contributed by atoms with van der Waals surface area (Å²) in [7, 11) is 0. The molecule has 10 aromatic rings. The van der Waals surface area contributed by atoms with Crippen molar-refractivity contribution in [3.63, 3.8) is 0 Å². The minimum Gasteiger partial charge on any atom is -0.455 e. The first-order chi connectivity index (χ1) is 27.5. The number of hydrogen-bond acceptors (Lipinski definition) is 5. The second-order valence-electron chi connectivity index (χ2n) is 11.3. The van der Waals surface area contributed by atoms with Gasteiger partial charge in [-0.3, -0.25) is 0 Å². The van der Waals surface area contributed by atoms with Gasteiger partial charge < -0.3 is 8.83 Å². The van der Waals surface area contributed by atoms with Crippen molar-refractivity contribution in [2.24, 2.45) is 0 Å². The van der Waals surface area contributed by atoms with E-state index in [2.05, 4.69) is 0 Å². The Morgan fingerprint density at radius 3 is 1.83 bits per heavy atom. The summed E-state index contributed by atoms with van der Waals surface area (Å²) >= 11 is 0. The molecule has 0 fully saturated rings. The quantitative estimate of drug-likeness (QED) is 0.195. The van der Waals surface area contributed by atoms with Gasteiger partial charge in [0.15, 0.2) is 17.5 Å². The molecule has 3 aromatic heterocycles. The second kappa shape index (κ2) is 10.5. The molecule has 3 heterocycles. The molecule has 0 aliphatic rings. The lowest BCUT2D eigenvalue weighted by Crippen LogP contribution is -2.01. The van der Waals surface area contributed by atoms with E-state index in [4.69, 9.17) is 34.8 Å². The molecule has 0 saturated carbocycles. The highest BCUT2D eigenvalue weighted by Gasteiger charge is 2.22. The van der Waals surface area contributed by atoms with Gasteiger partial charge in [0.25, 0.3) is 0 Å². The van der Waals surface area contributed by atoms with Gasteiger partial charge in [0.1, 0.15) is 22.3 Å². The fourth-order valence-electron chi connectivity index (χ4n) is 6.33. The number of fused-ring (bicyclic) bond motifs is 8. The molecule has 0 saturated heterocycles. The van der Waals surface area contributed by atoms with Crippen LogP contribution in [0.3, 0.4) is 0 Å². The molecule has 0 amide bonds. The standard InChI is InChI=1S/C43H25N3O2/c1-3-13-26(14-4-1)28-23-24-33(38-32-20-10-12-22-37(32)48-40(28)38)42-44-41(27-15-5-2-6-16-27)45-43(46-42)35-25-34-30-18-9-11-21-36(30)47-39(34)31-19-8-7-17-29(31)35/h1-25H/i7D,8D,9D,11D,17D,18D,19D,21D,25D. The van der Waals surface area contributed by atoms with Crippen molar-refractivity contribution in [1.29, 1.82) is 0 Å². The minimum absolute atomic E-state index is 0.0665. The third-order valence-electron chi connectivity index (χ3n) is 8.49. The first-order valence-corrected chi connectivity index (χ1v) is 15.2. The van der Waals surface area contributed by atoms with E-state index in [-0.39, 0.29) is 61.8 Å². The van der Waals surface area contributed by atoms with Crippen molar-refractivity contribution in [3.8, 4) is 45.3 Å². The highest BCUT2D eigenvalue weighted by Crippen LogP contribution is 2.43. The van der Waals surface area contributed by atoms with Gasteiger partial charge in [-0.2, -0.15) is 0 Å². The maximum atomic E-state index is 9.75. The molecule has 0 spiro atoms. The molecule has 0 radical (unpaired) electrons. The van der Waals surface area contributed by atoms with Gasteiger partial charge in [-0.05, 0) is 41.2 Å². The average molecular weight is 625 g/mol. The summed E-state index contributed by atoms with van der Waals surface area (Å²) in [4.78, 5) is 14.8. The van der Waals surface area contributed by atoms with E-state index in [1.165, 1.54) is 0 Å². The predicted octanol–water partition coefficient (Wildman–Crippen LogP) is 11.5. The van der Waals surface area contributed by atoms with Crippen LogP contribution in [0.5, 0.6) is 0 Å². The number of nitrogens with zero attached hydrogens (tertiary/aromatic N) is 3. The first kappa shape index (κ1) is 19.2. The summed E-state index contributed by atoms with van der Waals surface area (Å²) in [5, 5.41) is 1.15. The van der Waals surface area contributed by atoms with Gasteiger partial charge in [-0.15, -0.1) is 0 Å². The summed E-state index contributed by atoms with van der Waals surface area (Å²) in [5.41, 5.74) is 3.71. The Morgan fingerprint density at radius 2 is 1.02 bits per heavy atom. The topological polar surface area (TPSA) is 65.0 Å². The lowest BCUT2D eigenvalue weighted by atomic mass is 9.97. The van der Waals surface area contributed by atoms with Gasteiger partial charge >= 0.3 is 0 Å². The van der Waals surface area contributed by atoms with Gasteiger partial charge in [0.05, 0.1) is 12.3 Å². The molecule has 5 nitrogen and oxygen atoms in total. The van der Waals surface area contributed by atoms with Crippen LogP contribution in [0, 0.1) is 0 Å². The van der Waals surface area contributed by atoms with Crippen LogP contribution < -0.4 is 0 Å². The number of hydrogen-bond donors (Lipinski definition) is 0. The Kier molecular flexibility index (Phi) is 4.18. The molecule has 0 bridgehead atoms. The van der Waals surface area contributed by atoms with Crippen molar-refractivity contribution < 1.29 is 21.2 Å². The first-order valence-electron chi connectivity index (χ1n) is 19.7. The Morgan fingerprint density at radius 1 is 0.417 bits per heavy atom. The zero-order valence-electron chi connectivity index (χ0n) is 33.9. The molecule has 10 rings (SSSR count). The molecule has 0 N–H and O–H groups in total. The van der Waals surface area contributed by atoms with E-state index in [0.29, 0.717) is 22.3 Å². The Hall–Kier alpha value is -6.59. The summed E-state index contributed by atoms with van der Waals surface area (Å²) in [6, 6.07) is 26.0. The van der Waals surface area contributed by atoms with Crippen LogP contribution in [0.15, 0.2) is 160 Å². The zero-order valence-corrected chi connectivity index (χ0v) is 24.9. The summed E-state index contributed by atoms with van der Waals surface area (Å²) in [5.74, 6) is 0.322. The van der Waals surface area contributed by atoms with Crippen molar-refractivity contribution in [1.82, 2.24) is 15.0 Å². The van der Waals surface area contributed by atoms with Crippen molar-refractivity contribution in [2.75, 3.05) is 0 Å². The molecule has 0 unspecified atom stereocenters. The zero-order chi connectivity index (χ0) is 39.4. The highest BCUT2D eigenvalue weighted by molar-refractivity contribution is 6.19. The molecule has 5 heteroatoms. The van der Waals surface area contributed by atoms with Crippen molar-refractivity contribution in [2.45, 2.75) is 0 Å². The lowest BCUT2D eigenvalue weighted by Gasteiger charge is -2.12. The monoisotopic (exact) mass is 624 g/mol. The SMILES string of the molecule is [2H]c1c([2H])c([2H])c2c(oc3c4c([2H])c([2H])c([2H])c([2H])c4c(-c4nc(-c5ccccc5)nc(-c5ccc(-c6ccccc6)c6oc7ccccc7c56)n4)c([2H])c32)c1[2H]. The van der Waals surface area contributed by atoms with E-state index in [1.807, 2.05) is 97.1 Å². The maximum absolute atomic E-state index is 9.75. The van der Waals surface area contributed by atoms with E-state index in [1.54, 1.807) is 0 Å². The van der Waals surface area contributed by atoms with E-state index >= 15 is 0 Å². The van der Waals surface area contributed by atoms with Crippen molar-refractivity contribution >= 4 is 54.6 Å². The molecule has 0 aliphatic carbocycles. The largest absolute Gasteiger partial charge is 0.455 e. The van der Waals surface area contributed by atoms with Crippen LogP contribution in [0.25, 0.3) is 99.9 Å². The molecule has 0 atom stereocenters. The molecule has 0 aliphatic heterocycles. The van der Waals surface area contributed by atoms with E-state index < -0.39 is 48.3 Å². The van der Waals surface area contributed by atoms with Crippen LogP contribution in [0.1, 0.15) is 12.3 Å². The Balaban J connectivity index is 1.38. The fraction of sp³-hybridized carbons (Fsp3) is 0. The predicted molar refractivity (Wildman–Crippen MR) is 194 cm³/mol. The molecule has 7 aromatic carbocycles. The Labute approximate surface area is 287 Å². The minimum atomic E-state index is -0.563. The Bertz CT molecular complexity index is 3350. The van der Waals surface area contributed by atoms with Crippen LogP contribution >= 0.6 is 0 Å². The number of aromatic nitrogens is 3. The molecular weight excluding hydrogens is 590 g/mol. The molecule has 48 heavy (non-hydrogen) atoms. The van der Waals surface area contributed by atoms with E-state index in [0.717, 1.165) is 21.9 Å². The smallest absolute Gasteiger partial charge is 0.164 e. The van der Waals surface area contributed by atoms with Crippen LogP contribution in [-0.2, 0) is 0 Å². The normalized spacial score (nSPS) is 14.4. The molecular formula is C43H25N3O2. The fourth-order valence-corrected chi connectivity index (χ4v) is 6.33. The summed E-state index contributed by atoms with van der Waals surface area (Å²) < 4.78 is 92.0. The third-order valence-corrected chi connectivity index (χ3v) is 8.49. The van der Waals surface area contributed by atoms with Gasteiger partial charge in [-0.1, -0.05) is 121 Å². The lowest BCUT2D eigenvalue weighted by molar-refractivity contribution is 0.670. The van der Waals surface area contributed by atoms with E-state index in [9.17, 15) is 1.37 Å². The number of furan rings is 2.